The van der Waals surface area contributed by atoms with Crippen molar-refractivity contribution in [3.63, 3.8) is 0 Å². The van der Waals surface area contributed by atoms with E-state index in [2.05, 4.69) is 20.2 Å². The Morgan fingerprint density at radius 2 is 1.97 bits per heavy atom. The first kappa shape index (κ1) is 23.1. The smallest absolute Gasteiger partial charge is 0.162 e. The molecule has 5 rings (SSSR count). The predicted molar refractivity (Wildman–Crippen MR) is 130 cm³/mol. The van der Waals surface area contributed by atoms with Crippen LogP contribution >= 0.6 is 11.6 Å². The molecule has 0 radical (unpaired) electrons. The van der Waals surface area contributed by atoms with E-state index in [-0.39, 0.29) is 5.02 Å². The van der Waals surface area contributed by atoms with E-state index in [1.54, 1.807) is 13.2 Å². The minimum absolute atomic E-state index is 0.0407. The second kappa shape index (κ2) is 9.90. The van der Waals surface area contributed by atoms with Gasteiger partial charge in [-0.2, -0.15) is 0 Å². The molecule has 3 aromatic rings. The molecule has 1 N–H and O–H groups in total. The fourth-order valence-electron chi connectivity index (χ4n) is 4.80. The third-order valence-corrected chi connectivity index (χ3v) is 6.94. The van der Waals surface area contributed by atoms with Gasteiger partial charge in [-0.25, -0.2) is 14.4 Å². The molecule has 0 aliphatic carbocycles. The van der Waals surface area contributed by atoms with Crippen LogP contribution in [-0.4, -0.2) is 61.4 Å². The number of halogens is 2. The number of anilines is 2. The van der Waals surface area contributed by atoms with Crippen LogP contribution in [0.2, 0.25) is 5.02 Å². The number of nitrogens with zero attached hydrogens (tertiary/aromatic N) is 3. The second-order valence-electron chi connectivity index (χ2n) is 9.02. The molecule has 2 aliphatic heterocycles. The number of hydrogen-bond acceptors (Lipinski definition) is 7. The minimum Gasteiger partial charge on any atom is -0.493 e. The molecule has 0 atom stereocenters. The molecular weight excluding hydrogens is 459 g/mol. The summed E-state index contributed by atoms with van der Waals surface area (Å²) < 4.78 is 30.7. The van der Waals surface area contributed by atoms with Gasteiger partial charge >= 0.3 is 0 Å². The van der Waals surface area contributed by atoms with Gasteiger partial charge in [-0.1, -0.05) is 11.6 Å². The van der Waals surface area contributed by atoms with Crippen molar-refractivity contribution in [1.29, 1.82) is 0 Å². The van der Waals surface area contributed by atoms with E-state index in [0.717, 1.165) is 44.7 Å². The molecule has 0 bridgehead atoms. The third-order valence-electron chi connectivity index (χ3n) is 6.65. The summed E-state index contributed by atoms with van der Waals surface area (Å²) in [5.41, 5.74) is 1.82. The van der Waals surface area contributed by atoms with E-state index < -0.39 is 5.82 Å². The summed E-state index contributed by atoms with van der Waals surface area (Å²) in [4.78, 5) is 11.2. The van der Waals surface area contributed by atoms with E-state index in [1.807, 2.05) is 12.1 Å². The maximum Gasteiger partial charge on any atom is 0.162 e. The van der Waals surface area contributed by atoms with Gasteiger partial charge in [0.25, 0.3) is 0 Å². The van der Waals surface area contributed by atoms with E-state index in [4.69, 9.17) is 25.8 Å². The lowest BCUT2D eigenvalue weighted by atomic mass is 9.73. The fraction of sp³-hybridized carbons (Fsp3) is 0.440. The summed E-state index contributed by atoms with van der Waals surface area (Å²) in [5.74, 6) is 1.35. The normalized spacial score (nSPS) is 17.5. The highest BCUT2D eigenvalue weighted by atomic mass is 35.5. The summed E-state index contributed by atoms with van der Waals surface area (Å²) in [6.07, 6.45) is 4.75. The van der Waals surface area contributed by atoms with Gasteiger partial charge in [0.05, 0.1) is 24.3 Å². The number of likely N-dealkylation sites (tertiary alicyclic amines) is 1. The highest BCUT2D eigenvalue weighted by Crippen LogP contribution is 2.40. The van der Waals surface area contributed by atoms with Crippen LogP contribution in [0.5, 0.6) is 11.5 Å². The number of ether oxygens (including phenoxy) is 3. The van der Waals surface area contributed by atoms with Crippen molar-refractivity contribution in [2.24, 2.45) is 5.41 Å². The summed E-state index contributed by atoms with van der Waals surface area (Å²) in [6, 6.07) is 8.15. The fourth-order valence-corrected chi connectivity index (χ4v) is 4.98. The first-order valence-electron chi connectivity index (χ1n) is 11.5. The van der Waals surface area contributed by atoms with Crippen molar-refractivity contribution >= 4 is 34.0 Å². The van der Waals surface area contributed by atoms with Crippen molar-refractivity contribution in [3.05, 3.63) is 47.5 Å². The van der Waals surface area contributed by atoms with Crippen molar-refractivity contribution in [2.45, 2.75) is 19.3 Å². The maximum atomic E-state index is 13.5. The second-order valence-corrected chi connectivity index (χ2v) is 9.43. The van der Waals surface area contributed by atoms with Crippen molar-refractivity contribution in [3.8, 4) is 11.5 Å². The van der Waals surface area contributed by atoms with Crippen LogP contribution < -0.4 is 14.8 Å². The third kappa shape index (κ3) is 4.89. The van der Waals surface area contributed by atoms with Crippen LogP contribution in [0.25, 0.3) is 10.9 Å². The Balaban J connectivity index is 1.24. The van der Waals surface area contributed by atoms with Gasteiger partial charge in [-0.05, 0) is 43.5 Å². The molecule has 2 aromatic carbocycles. The number of rotatable bonds is 8. The highest BCUT2D eigenvalue weighted by molar-refractivity contribution is 6.31. The first-order chi connectivity index (χ1) is 16.5. The van der Waals surface area contributed by atoms with E-state index >= 15 is 0 Å². The van der Waals surface area contributed by atoms with Gasteiger partial charge in [0.1, 0.15) is 18.0 Å². The van der Waals surface area contributed by atoms with Crippen molar-refractivity contribution in [1.82, 2.24) is 14.9 Å². The average molecular weight is 487 g/mol. The Morgan fingerprint density at radius 1 is 1.15 bits per heavy atom. The molecule has 9 heteroatoms. The van der Waals surface area contributed by atoms with E-state index in [1.165, 1.54) is 31.3 Å². The zero-order valence-corrected chi connectivity index (χ0v) is 19.9. The predicted octanol–water partition coefficient (Wildman–Crippen LogP) is 5.06. The lowest BCUT2D eigenvalue weighted by molar-refractivity contribution is -0.0811. The van der Waals surface area contributed by atoms with Crippen LogP contribution in [-0.2, 0) is 4.74 Å². The Morgan fingerprint density at radius 3 is 2.74 bits per heavy atom. The lowest BCUT2D eigenvalue weighted by Crippen LogP contribution is -2.58. The summed E-state index contributed by atoms with van der Waals surface area (Å²) >= 11 is 5.92. The molecule has 7 nitrogen and oxygen atoms in total. The molecule has 0 unspecified atom stereocenters. The zero-order chi connectivity index (χ0) is 23.5. The number of hydrogen-bond donors (Lipinski definition) is 1. The van der Waals surface area contributed by atoms with E-state index in [9.17, 15) is 4.39 Å². The first-order valence-corrected chi connectivity index (χ1v) is 11.9. The highest BCUT2D eigenvalue weighted by Gasteiger charge is 2.43. The molecule has 1 aromatic heterocycles. The lowest BCUT2D eigenvalue weighted by Gasteiger charge is -2.52. The molecular formula is C25H28ClFN4O3. The van der Waals surface area contributed by atoms with Gasteiger partial charge in [0, 0.05) is 55.4 Å². The van der Waals surface area contributed by atoms with Gasteiger partial charge in [-0.15, -0.1) is 0 Å². The summed E-state index contributed by atoms with van der Waals surface area (Å²) in [6.45, 7) is 5.71. The average Bonchev–Trinajstić information content (AvgIpc) is 2.83. The summed E-state index contributed by atoms with van der Waals surface area (Å²) in [7, 11) is 1.61. The monoisotopic (exact) mass is 486 g/mol. The molecule has 0 saturated carbocycles. The quantitative estimate of drug-likeness (QED) is 0.446. The number of fused-ring (bicyclic) bond motifs is 1. The van der Waals surface area contributed by atoms with Crippen LogP contribution in [0.4, 0.5) is 15.9 Å². The Bertz CT molecular complexity index is 1160. The van der Waals surface area contributed by atoms with Gasteiger partial charge < -0.3 is 24.4 Å². The van der Waals surface area contributed by atoms with Gasteiger partial charge in [-0.3, -0.25) is 0 Å². The summed E-state index contributed by atoms with van der Waals surface area (Å²) in [5, 5.41) is 4.00. The molecule has 2 fully saturated rings. The number of aromatic nitrogens is 2. The van der Waals surface area contributed by atoms with Crippen molar-refractivity contribution in [2.75, 3.05) is 51.9 Å². The standard InChI is InChI=1S/C25H28ClFN4O3/c1-32-22-13-21-18(24(29-16-28-21)30-17-3-4-20(27)19(26)11-17)12-23(22)34-8-2-7-31-14-25(15-31)5-9-33-10-6-25/h3-4,11-13,16H,2,5-10,14-15H2,1H3,(H,28,29,30). The van der Waals surface area contributed by atoms with Crippen LogP contribution in [0.3, 0.4) is 0 Å². The molecule has 0 amide bonds. The molecule has 180 valence electrons. The SMILES string of the molecule is COc1cc2ncnc(Nc3ccc(F)c(Cl)c3)c2cc1OCCCN1CC2(CCOCC2)C1. The van der Waals surface area contributed by atoms with Gasteiger partial charge in [0.15, 0.2) is 11.5 Å². The topological polar surface area (TPSA) is 68.7 Å². The van der Waals surface area contributed by atoms with Crippen molar-refractivity contribution < 1.29 is 18.6 Å². The Labute approximate surface area is 203 Å². The number of benzene rings is 2. The molecule has 1 spiro atoms. The van der Waals surface area contributed by atoms with Crippen LogP contribution in [0.15, 0.2) is 36.7 Å². The Kier molecular flexibility index (Phi) is 6.72. The largest absolute Gasteiger partial charge is 0.493 e. The van der Waals surface area contributed by atoms with Crippen LogP contribution in [0, 0.1) is 11.2 Å². The van der Waals surface area contributed by atoms with E-state index in [0.29, 0.717) is 40.5 Å². The van der Waals surface area contributed by atoms with Gasteiger partial charge in [0.2, 0.25) is 0 Å². The molecule has 2 saturated heterocycles. The van der Waals surface area contributed by atoms with Crippen LogP contribution in [0.1, 0.15) is 19.3 Å². The number of nitrogens with one attached hydrogen (secondary N) is 1. The molecule has 34 heavy (non-hydrogen) atoms. The molecule has 2 aliphatic rings. The minimum atomic E-state index is -0.471. The Hall–Kier alpha value is -2.68. The maximum absolute atomic E-state index is 13.5. The number of methoxy groups -OCH3 is 1. The molecule has 3 heterocycles. The zero-order valence-electron chi connectivity index (χ0n) is 19.2.